The van der Waals surface area contributed by atoms with E-state index in [1.54, 1.807) is 29.2 Å². The Balaban J connectivity index is 1.61. The number of hydrogen-bond acceptors (Lipinski definition) is 5. The summed E-state index contributed by atoms with van der Waals surface area (Å²) in [7, 11) is -1.65. The van der Waals surface area contributed by atoms with Gasteiger partial charge in [-0.25, -0.2) is 8.42 Å². The Morgan fingerprint density at radius 2 is 2.08 bits per heavy atom. The van der Waals surface area contributed by atoms with Gasteiger partial charge in [0.2, 0.25) is 5.91 Å². The first-order chi connectivity index (χ1) is 11.4. The molecule has 130 valence electrons. The van der Waals surface area contributed by atoms with E-state index in [1.165, 1.54) is 15.6 Å². The van der Waals surface area contributed by atoms with Crippen LogP contribution in [-0.4, -0.2) is 41.5 Å². The third kappa shape index (κ3) is 3.38. The molecule has 1 fully saturated rings. The van der Waals surface area contributed by atoms with Gasteiger partial charge in [0, 0.05) is 32.1 Å². The summed E-state index contributed by atoms with van der Waals surface area (Å²) < 4.78 is 28.4. The molecular formula is C15H20N4O3S2. The fraction of sp³-hybridized carbons (Fsp3) is 0.467. The van der Waals surface area contributed by atoms with E-state index >= 15 is 0 Å². The lowest BCUT2D eigenvalue weighted by molar-refractivity contribution is -0.121. The van der Waals surface area contributed by atoms with E-state index < -0.39 is 10.0 Å². The van der Waals surface area contributed by atoms with Gasteiger partial charge in [-0.2, -0.15) is 9.40 Å². The molecule has 2 aromatic heterocycles. The van der Waals surface area contributed by atoms with Gasteiger partial charge in [-0.15, -0.1) is 11.3 Å². The number of hydrogen-bond donors (Lipinski definition) is 1. The summed E-state index contributed by atoms with van der Waals surface area (Å²) in [6, 6.07) is 5.16. The highest BCUT2D eigenvalue weighted by Gasteiger charge is 2.32. The minimum Gasteiger partial charge on any atom is -0.311 e. The molecule has 0 atom stereocenters. The van der Waals surface area contributed by atoms with Gasteiger partial charge in [-0.05, 0) is 31.2 Å². The molecule has 2 aromatic rings. The lowest BCUT2D eigenvalue weighted by atomic mass is 9.97. The number of piperidine rings is 1. The monoisotopic (exact) mass is 368 g/mol. The Labute approximate surface area is 145 Å². The number of nitrogens with zero attached hydrogens (tertiary/aromatic N) is 3. The van der Waals surface area contributed by atoms with Crippen molar-refractivity contribution in [2.24, 2.45) is 13.0 Å². The van der Waals surface area contributed by atoms with Crippen molar-refractivity contribution in [3.8, 4) is 0 Å². The molecule has 1 saturated heterocycles. The number of carbonyl (C=O) groups is 1. The van der Waals surface area contributed by atoms with Crippen molar-refractivity contribution in [2.75, 3.05) is 18.4 Å². The van der Waals surface area contributed by atoms with Gasteiger partial charge in [0.15, 0.2) is 0 Å². The van der Waals surface area contributed by atoms with E-state index in [1.807, 2.05) is 13.0 Å². The van der Waals surface area contributed by atoms with E-state index in [0.29, 0.717) is 36.0 Å². The van der Waals surface area contributed by atoms with E-state index in [4.69, 9.17) is 0 Å². The first kappa shape index (κ1) is 17.1. The van der Waals surface area contributed by atoms with Crippen molar-refractivity contribution in [1.82, 2.24) is 14.1 Å². The number of carbonyl (C=O) groups excluding carboxylic acids is 1. The van der Waals surface area contributed by atoms with Gasteiger partial charge >= 0.3 is 0 Å². The summed E-state index contributed by atoms with van der Waals surface area (Å²) in [6.45, 7) is 2.59. The molecule has 24 heavy (non-hydrogen) atoms. The van der Waals surface area contributed by atoms with Crippen LogP contribution in [-0.2, 0) is 21.9 Å². The topological polar surface area (TPSA) is 84.3 Å². The molecule has 1 aliphatic heterocycles. The Kier molecular flexibility index (Phi) is 4.75. The third-order valence-electron chi connectivity index (χ3n) is 4.17. The molecule has 0 spiro atoms. The number of amides is 1. The Morgan fingerprint density at radius 1 is 1.38 bits per heavy atom. The highest BCUT2D eigenvalue weighted by molar-refractivity contribution is 7.91. The van der Waals surface area contributed by atoms with Crippen LogP contribution in [0.3, 0.4) is 0 Å². The fourth-order valence-corrected chi connectivity index (χ4v) is 5.47. The zero-order valence-electron chi connectivity index (χ0n) is 13.6. The van der Waals surface area contributed by atoms with E-state index in [2.05, 4.69) is 10.4 Å². The minimum atomic E-state index is -3.42. The average molecular weight is 368 g/mol. The van der Waals surface area contributed by atoms with Crippen LogP contribution in [0.15, 0.2) is 27.8 Å². The Morgan fingerprint density at radius 3 is 2.62 bits per heavy atom. The SMILES string of the molecule is Cc1cc(NC(=O)C2CCN(S(=O)(=O)c3cccs3)CC2)n(C)n1. The van der Waals surface area contributed by atoms with Crippen molar-refractivity contribution in [3.05, 3.63) is 29.3 Å². The predicted molar refractivity (Wildman–Crippen MR) is 92.4 cm³/mol. The number of aryl methyl sites for hydroxylation is 2. The fourth-order valence-electron chi connectivity index (χ4n) is 2.85. The molecule has 0 aliphatic carbocycles. The van der Waals surface area contributed by atoms with Crippen LogP contribution in [0, 0.1) is 12.8 Å². The third-order valence-corrected chi connectivity index (χ3v) is 7.44. The number of anilines is 1. The predicted octanol–water partition coefficient (Wildman–Crippen LogP) is 1.83. The Hall–Kier alpha value is -1.71. The smallest absolute Gasteiger partial charge is 0.252 e. The zero-order chi connectivity index (χ0) is 17.3. The van der Waals surface area contributed by atoms with Gasteiger partial charge in [-0.1, -0.05) is 6.07 Å². The van der Waals surface area contributed by atoms with Crippen LogP contribution in [0.2, 0.25) is 0 Å². The van der Waals surface area contributed by atoms with Crippen molar-refractivity contribution >= 4 is 33.1 Å². The van der Waals surface area contributed by atoms with Gasteiger partial charge in [0.05, 0.1) is 5.69 Å². The van der Waals surface area contributed by atoms with Gasteiger partial charge < -0.3 is 5.32 Å². The van der Waals surface area contributed by atoms with E-state index in [0.717, 1.165) is 5.69 Å². The van der Waals surface area contributed by atoms with Crippen molar-refractivity contribution in [3.63, 3.8) is 0 Å². The summed E-state index contributed by atoms with van der Waals surface area (Å²) in [5.41, 5.74) is 0.838. The molecule has 7 nitrogen and oxygen atoms in total. The maximum Gasteiger partial charge on any atom is 0.252 e. The van der Waals surface area contributed by atoms with E-state index in [9.17, 15) is 13.2 Å². The van der Waals surface area contributed by atoms with Crippen LogP contribution in [0.5, 0.6) is 0 Å². The molecule has 1 amide bonds. The van der Waals surface area contributed by atoms with Crippen LogP contribution in [0.4, 0.5) is 5.82 Å². The second kappa shape index (κ2) is 6.66. The second-order valence-electron chi connectivity index (χ2n) is 5.89. The molecule has 0 aromatic carbocycles. The quantitative estimate of drug-likeness (QED) is 0.892. The van der Waals surface area contributed by atoms with Crippen molar-refractivity contribution < 1.29 is 13.2 Å². The molecular weight excluding hydrogens is 348 g/mol. The number of aromatic nitrogens is 2. The molecule has 1 N–H and O–H groups in total. The maximum atomic E-state index is 12.5. The van der Waals surface area contributed by atoms with Gasteiger partial charge in [0.25, 0.3) is 10.0 Å². The largest absolute Gasteiger partial charge is 0.311 e. The lowest BCUT2D eigenvalue weighted by Crippen LogP contribution is -2.41. The van der Waals surface area contributed by atoms with Crippen molar-refractivity contribution in [2.45, 2.75) is 24.0 Å². The normalized spacial score (nSPS) is 17.1. The van der Waals surface area contributed by atoms with Gasteiger partial charge in [-0.3, -0.25) is 9.48 Å². The van der Waals surface area contributed by atoms with Crippen LogP contribution < -0.4 is 5.32 Å². The lowest BCUT2D eigenvalue weighted by Gasteiger charge is -2.30. The summed E-state index contributed by atoms with van der Waals surface area (Å²) >= 11 is 1.22. The summed E-state index contributed by atoms with van der Waals surface area (Å²) in [4.78, 5) is 12.4. The van der Waals surface area contributed by atoms with Gasteiger partial charge in [0.1, 0.15) is 10.0 Å². The molecule has 0 bridgehead atoms. The molecule has 0 radical (unpaired) electrons. The molecule has 1 aliphatic rings. The second-order valence-corrected chi connectivity index (χ2v) is 9.01. The van der Waals surface area contributed by atoms with Crippen molar-refractivity contribution in [1.29, 1.82) is 0 Å². The molecule has 3 rings (SSSR count). The molecule has 0 unspecified atom stereocenters. The minimum absolute atomic E-state index is 0.0776. The number of nitrogens with one attached hydrogen (secondary N) is 1. The standard InChI is InChI=1S/C15H20N4O3S2/c1-11-10-13(18(2)17-11)16-15(20)12-5-7-19(8-6-12)24(21,22)14-4-3-9-23-14/h3-4,9-10,12H,5-8H2,1-2H3,(H,16,20). The first-order valence-corrected chi connectivity index (χ1v) is 10.0. The number of sulfonamides is 1. The summed E-state index contributed by atoms with van der Waals surface area (Å²) in [5.74, 6) is 0.396. The first-order valence-electron chi connectivity index (χ1n) is 7.73. The summed E-state index contributed by atoms with van der Waals surface area (Å²) in [6.07, 6.45) is 1.04. The summed E-state index contributed by atoms with van der Waals surface area (Å²) in [5, 5.41) is 8.83. The van der Waals surface area contributed by atoms with Crippen LogP contribution in [0.25, 0.3) is 0 Å². The number of thiophene rings is 1. The highest BCUT2D eigenvalue weighted by Crippen LogP contribution is 2.27. The van der Waals surface area contributed by atoms with E-state index in [-0.39, 0.29) is 11.8 Å². The highest BCUT2D eigenvalue weighted by atomic mass is 32.2. The maximum absolute atomic E-state index is 12.5. The molecule has 3 heterocycles. The zero-order valence-corrected chi connectivity index (χ0v) is 15.2. The van der Waals surface area contributed by atoms with Crippen LogP contribution in [0.1, 0.15) is 18.5 Å². The molecule has 0 saturated carbocycles. The number of rotatable bonds is 4. The average Bonchev–Trinajstić information content (AvgIpc) is 3.18. The Bertz CT molecular complexity index is 819. The van der Waals surface area contributed by atoms with Crippen LogP contribution >= 0.6 is 11.3 Å². The molecule has 9 heteroatoms.